The summed E-state index contributed by atoms with van der Waals surface area (Å²) in [5, 5.41) is 6.07. The number of hydrogen-bond acceptors (Lipinski definition) is 3. The molecule has 1 aliphatic rings. The van der Waals surface area contributed by atoms with E-state index < -0.39 is 0 Å². The van der Waals surface area contributed by atoms with E-state index in [1.54, 1.807) is 6.92 Å². The van der Waals surface area contributed by atoms with Crippen LogP contribution in [0.2, 0.25) is 0 Å². The van der Waals surface area contributed by atoms with E-state index in [4.69, 9.17) is 4.52 Å². The number of fused-ring (bicyclic) bond motifs is 2. The molecule has 0 aliphatic heterocycles. The third kappa shape index (κ3) is 0.991. The van der Waals surface area contributed by atoms with Crippen LogP contribution in [-0.4, -0.2) is 10.9 Å². The molecule has 1 heterocycles. The standard InChI is InChI=1S/C15H9NO2/c1-8-12-14(16-18-8)10-6-2-4-9-5-3-7-11(13(9)10)15(12)17/h2-7H,1H3. The predicted molar refractivity (Wildman–Crippen MR) is 67.6 cm³/mol. The van der Waals surface area contributed by atoms with E-state index in [0.717, 1.165) is 21.9 Å². The summed E-state index contributed by atoms with van der Waals surface area (Å²) in [5.74, 6) is 0.592. The molecule has 86 valence electrons. The quantitative estimate of drug-likeness (QED) is 0.469. The van der Waals surface area contributed by atoms with Crippen LogP contribution < -0.4 is 0 Å². The Kier molecular flexibility index (Phi) is 1.64. The van der Waals surface area contributed by atoms with Crippen molar-refractivity contribution in [2.75, 3.05) is 0 Å². The Morgan fingerprint density at radius 3 is 2.56 bits per heavy atom. The van der Waals surface area contributed by atoms with Gasteiger partial charge in [0.25, 0.3) is 0 Å². The SMILES string of the molecule is Cc1onc2c1C(=O)c1cccc3cccc-2c13. The van der Waals surface area contributed by atoms with Crippen LogP contribution in [0, 0.1) is 6.92 Å². The van der Waals surface area contributed by atoms with E-state index in [-0.39, 0.29) is 5.78 Å². The van der Waals surface area contributed by atoms with Crippen LogP contribution in [0.15, 0.2) is 40.9 Å². The molecule has 0 saturated carbocycles. The van der Waals surface area contributed by atoms with Crippen molar-refractivity contribution >= 4 is 16.6 Å². The molecule has 1 aromatic heterocycles. The third-order valence-corrected chi connectivity index (χ3v) is 3.49. The van der Waals surface area contributed by atoms with Gasteiger partial charge in [-0.25, -0.2) is 0 Å². The number of benzene rings is 2. The molecule has 0 N–H and O–H groups in total. The highest BCUT2D eigenvalue weighted by molar-refractivity contribution is 6.25. The molecule has 0 unspecified atom stereocenters. The first-order valence-electron chi connectivity index (χ1n) is 5.80. The molecule has 18 heavy (non-hydrogen) atoms. The monoisotopic (exact) mass is 235 g/mol. The van der Waals surface area contributed by atoms with Crippen LogP contribution >= 0.6 is 0 Å². The summed E-state index contributed by atoms with van der Waals surface area (Å²) in [4.78, 5) is 12.5. The predicted octanol–water partition coefficient (Wildman–Crippen LogP) is 3.35. The fraction of sp³-hybridized carbons (Fsp3) is 0.0667. The Morgan fingerprint density at radius 1 is 1.06 bits per heavy atom. The fourth-order valence-electron chi connectivity index (χ4n) is 2.69. The summed E-state index contributed by atoms with van der Waals surface area (Å²) in [5.41, 5.74) is 2.99. The van der Waals surface area contributed by atoms with Gasteiger partial charge < -0.3 is 4.52 Å². The van der Waals surface area contributed by atoms with E-state index in [9.17, 15) is 4.79 Å². The first-order chi connectivity index (χ1) is 8.77. The van der Waals surface area contributed by atoms with Gasteiger partial charge in [-0.2, -0.15) is 0 Å². The number of rotatable bonds is 0. The molecule has 0 spiro atoms. The maximum atomic E-state index is 12.5. The smallest absolute Gasteiger partial charge is 0.199 e. The van der Waals surface area contributed by atoms with E-state index >= 15 is 0 Å². The van der Waals surface area contributed by atoms with Gasteiger partial charge >= 0.3 is 0 Å². The second-order valence-electron chi connectivity index (χ2n) is 4.50. The van der Waals surface area contributed by atoms with Crippen LogP contribution in [0.5, 0.6) is 0 Å². The van der Waals surface area contributed by atoms with Gasteiger partial charge in [0.2, 0.25) is 0 Å². The molecule has 0 fully saturated rings. The lowest BCUT2D eigenvalue weighted by Crippen LogP contribution is -2.09. The van der Waals surface area contributed by atoms with Gasteiger partial charge in [0, 0.05) is 16.5 Å². The molecule has 0 atom stereocenters. The van der Waals surface area contributed by atoms with Gasteiger partial charge in [-0.3, -0.25) is 4.79 Å². The van der Waals surface area contributed by atoms with E-state index in [1.165, 1.54) is 0 Å². The van der Waals surface area contributed by atoms with Gasteiger partial charge in [0.1, 0.15) is 11.5 Å². The number of ketones is 1. The second-order valence-corrected chi connectivity index (χ2v) is 4.50. The fourth-order valence-corrected chi connectivity index (χ4v) is 2.69. The minimum absolute atomic E-state index is 0.00745. The van der Waals surface area contributed by atoms with Gasteiger partial charge in [-0.05, 0) is 12.3 Å². The number of aromatic nitrogens is 1. The Balaban J connectivity index is 2.28. The highest BCUT2D eigenvalue weighted by Gasteiger charge is 2.30. The molecule has 3 heteroatoms. The Bertz CT molecular complexity index is 809. The number of carbonyl (C=O) groups is 1. The molecule has 0 bridgehead atoms. The zero-order valence-corrected chi connectivity index (χ0v) is 9.73. The molecule has 3 nitrogen and oxygen atoms in total. The highest BCUT2D eigenvalue weighted by atomic mass is 16.5. The van der Waals surface area contributed by atoms with Crippen molar-refractivity contribution in [1.29, 1.82) is 0 Å². The molecule has 0 saturated heterocycles. The molecule has 3 aromatic rings. The van der Waals surface area contributed by atoms with Crippen LogP contribution in [0.25, 0.3) is 22.0 Å². The van der Waals surface area contributed by atoms with Crippen molar-refractivity contribution < 1.29 is 9.32 Å². The van der Waals surface area contributed by atoms with Crippen LogP contribution in [-0.2, 0) is 0 Å². The largest absolute Gasteiger partial charge is 0.360 e. The summed E-state index contributed by atoms with van der Waals surface area (Å²) < 4.78 is 5.18. The number of hydrogen-bond donors (Lipinski definition) is 0. The van der Waals surface area contributed by atoms with E-state index in [1.807, 2.05) is 36.4 Å². The van der Waals surface area contributed by atoms with E-state index in [2.05, 4.69) is 5.16 Å². The summed E-state index contributed by atoms with van der Waals surface area (Å²) in [7, 11) is 0. The number of aryl methyl sites for hydroxylation is 1. The van der Waals surface area contributed by atoms with Crippen LogP contribution in [0.3, 0.4) is 0 Å². The van der Waals surface area contributed by atoms with Crippen LogP contribution in [0.4, 0.5) is 0 Å². The summed E-state index contributed by atoms with van der Waals surface area (Å²) >= 11 is 0. The topological polar surface area (TPSA) is 43.1 Å². The van der Waals surface area contributed by atoms with E-state index in [0.29, 0.717) is 17.0 Å². The zero-order valence-electron chi connectivity index (χ0n) is 9.73. The minimum atomic E-state index is 0.00745. The minimum Gasteiger partial charge on any atom is -0.360 e. The van der Waals surface area contributed by atoms with Crippen molar-refractivity contribution in [2.24, 2.45) is 0 Å². The normalized spacial score (nSPS) is 12.8. The van der Waals surface area contributed by atoms with Crippen molar-refractivity contribution in [3.63, 3.8) is 0 Å². The lowest BCUT2D eigenvalue weighted by molar-refractivity contribution is 0.103. The summed E-state index contributed by atoms with van der Waals surface area (Å²) in [6.07, 6.45) is 0. The Hall–Kier alpha value is -2.42. The van der Waals surface area contributed by atoms with Gasteiger partial charge in [0.15, 0.2) is 5.78 Å². The van der Waals surface area contributed by atoms with Gasteiger partial charge in [-0.15, -0.1) is 0 Å². The lowest BCUT2D eigenvalue weighted by Gasteiger charge is -2.15. The van der Waals surface area contributed by atoms with Crippen molar-refractivity contribution in [3.05, 3.63) is 53.3 Å². The number of carbonyl (C=O) groups excluding carboxylic acids is 1. The van der Waals surface area contributed by atoms with Gasteiger partial charge in [0.05, 0.1) is 5.56 Å². The third-order valence-electron chi connectivity index (χ3n) is 3.49. The molecule has 0 amide bonds. The number of nitrogens with zero attached hydrogens (tertiary/aromatic N) is 1. The van der Waals surface area contributed by atoms with Gasteiger partial charge in [-0.1, -0.05) is 41.6 Å². The molecule has 2 aromatic carbocycles. The molecule has 4 rings (SSSR count). The first-order valence-corrected chi connectivity index (χ1v) is 5.80. The maximum absolute atomic E-state index is 12.5. The maximum Gasteiger partial charge on any atom is 0.199 e. The molecular formula is C15H9NO2. The summed E-state index contributed by atoms with van der Waals surface area (Å²) in [6, 6.07) is 11.8. The van der Waals surface area contributed by atoms with Crippen molar-refractivity contribution in [2.45, 2.75) is 6.92 Å². The zero-order chi connectivity index (χ0) is 12.3. The highest BCUT2D eigenvalue weighted by Crippen LogP contribution is 2.39. The average Bonchev–Trinajstić information content (AvgIpc) is 2.78. The molecule has 1 aliphatic carbocycles. The summed E-state index contributed by atoms with van der Waals surface area (Å²) in [6.45, 7) is 1.78. The lowest BCUT2D eigenvalue weighted by atomic mass is 9.86. The molecular weight excluding hydrogens is 226 g/mol. The van der Waals surface area contributed by atoms with Crippen molar-refractivity contribution in [1.82, 2.24) is 5.16 Å². The Labute approximate surface area is 103 Å². The first kappa shape index (κ1) is 9.59. The van der Waals surface area contributed by atoms with Crippen molar-refractivity contribution in [3.8, 4) is 11.3 Å². The average molecular weight is 235 g/mol. The molecule has 0 radical (unpaired) electrons. The van der Waals surface area contributed by atoms with Crippen LogP contribution in [0.1, 0.15) is 21.7 Å². The second kappa shape index (κ2) is 3.07. The Morgan fingerprint density at radius 2 is 1.78 bits per heavy atom.